The molecule has 0 atom stereocenters. The van der Waals surface area contributed by atoms with E-state index in [9.17, 15) is 9.18 Å². The number of aryl methyl sites for hydroxylation is 1. The molecular weight excluding hydrogens is 277 g/mol. The predicted octanol–water partition coefficient (Wildman–Crippen LogP) is 3.80. The van der Waals surface area contributed by atoms with Gasteiger partial charge in [-0.05, 0) is 41.8 Å². The van der Waals surface area contributed by atoms with Crippen LogP contribution in [0.5, 0.6) is 0 Å². The van der Waals surface area contributed by atoms with Crippen LogP contribution >= 0.6 is 11.6 Å². The minimum Gasteiger partial charge on any atom is -0.348 e. The minimum atomic E-state index is -0.307. The molecule has 2 aromatic rings. The van der Waals surface area contributed by atoms with Crippen molar-refractivity contribution < 1.29 is 9.18 Å². The molecule has 104 valence electrons. The van der Waals surface area contributed by atoms with Gasteiger partial charge in [0.2, 0.25) is 0 Å². The Morgan fingerprint density at radius 1 is 1.15 bits per heavy atom. The second-order valence-electron chi connectivity index (χ2n) is 4.60. The minimum absolute atomic E-state index is 0.213. The summed E-state index contributed by atoms with van der Waals surface area (Å²) in [5.41, 5.74) is 2.95. The van der Waals surface area contributed by atoms with E-state index in [0.717, 1.165) is 11.1 Å². The molecule has 0 spiro atoms. The topological polar surface area (TPSA) is 29.1 Å². The fraction of sp³-hybridized carbons (Fsp3) is 0.188. The molecule has 0 heterocycles. The molecule has 0 unspecified atom stereocenters. The second-order valence-corrected chi connectivity index (χ2v) is 4.86. The molecule has 0 fully saturated rings. The Morgan fingerprint density at radius 2 is 1.80 bits per heavy atom. The molecule has 1 amide bonds. The van der Waals surface area contributed by atoms with Crippen molar-refractivity contribution in [3.63, 3.8) is 0 Å². The fourth-order valence-electron chi connectivity index (χ4n) is 1.82. The third-order valence-electron chi connectivity index (χ3n) is 3.05. The Kier molecular flexibility index (Phi) is 4.74. The first kappa shape index (κ1) is 14.5. The summed E-state index contributed by atoms with van der Waals surface area (Å²) in [5, 5.41) is 2.81. The van der Waals surface area contributed by atoms with Crippen molar-refractivity contribution in [3.8, 4) is 0 Å². The van der Waals surface area contributed by atoms with Gasteiger partial charge in [-0.25, -0.2) is 4.39 Å². The molecule has 0 saturated carbocycles. The molecule has 0 aliphatic carbocycles. The molecule has 0 bridgehead atoms. The average molecular weight is 292 g/mol. The zero-order valence-electron chi connectivity index (χ0n) is 11.1. The van der Waals surface area contributed by atoms with Gasteiger partial charge >= 0.3 is 0 Å². The fourth-order valence-corrected chi connectivity index (χ4v) is 1.99. The number of amides is 1. The number of carbonyl (C=O) groups is 1. The van der Waals surface area contributed by atoms with Crippen molar-refractivity contribution in [1.82, 2.24) is 5.32 Å². The van der Waals surface area contributed by atoms with Gasteiger partial charge < -0.3 is 5.32 Å². The van der Waals surface area contributed by atoms with Crippen molar-refractivity contribution in [1.29, 1.82) is 0 Å². The van der Waals surface area contributed by atoms with Crippen molar-refractivity contribution in [2.75, 3.05) is 0 Å². The molecule has 0 aliphatic rings. The molecule has 2 rings (SSSR count). The molecule has 4 heteroatoms. The van der Waals surface area contributed by atoms with E-state index in [1.54, 1.807) is 13.0 Å². The van der Waals surface area contributed by atoms with Crippen LogP contribution in [0.25, 0.3) is 0 Å². The first-order chi connectivity index (χ1) is 9.60. The predicted molar refractivity (Wildman–Crippen MR) is 78.3 cm³/mol. The molecule has 0 radical (unpaired) electrons. The highest BCUT2D eigenvalue weighted by atomic mass is 35.5. The number of alkyl halides is 1. The number of halogens is 2. The van der Waals surface area contributed by atoms with Crippen molar-refractivity contribution >= 4 is 17.5 Å². The van der Waals surface area contributed by atoms with E-state index in [0.29, 0.717) is 23.6 Å². The van der Waals surface area contributed by atoms with E-state index in [2.05, 4.69) is 5.32 Å². The van der Waals surface area contributed by atoms with Gasteiger partial charge in [-0.1, -0.05) is 24.3 Å². The number of rotatable bonds is 4. The highest BCUT2D eigenvalue weighted by Gasteiger charge is 2.07. The Morgan fingerprint density at radius 3 is 2.40 bits per heavy atom. The summed E-state index contributed by atoms with van der Waals surface area (Å²) < 4.78 is 13.1. The van der Waals surface area contributed by atoms with Gasteiger partial charge in [-0.3, -0.25) is 4.79 Å². The van der Waals surface area contributed by atoms with Crippen molar-refractivity contribution in [2.45, 2.75) is 19.3 Å². The van der Waals surface area contributed by atoms with E-state index < -0.39 is 0 Å². The van der Waals surface area contributed by atoms with Crippen LogP contribution in [0.4, 0.5) is 4.39 Å². The first-order valence-corrected chi connectivity index (χ1v) is 6.81. The molecular formula is C16H15ClFNO. The molecule has 2 nitrogen and oxygen atoms in total. The molecule has 0 saturated heterocycles. The lowest BCUT2D eigenvalue weighted by Crippen LogP contribution is -2.22. The number of hydrogen-bond acceptors (Lipinski definition) is 1. The quantitative estimate of drug-likeness (QED) is 0.853. The van der Waals surface area contributed by atoms with Crippen LogP contribution in [0.1, 0.15) is 27.0 Å². The van der Waals surface area contributed by atoms with Crippen molar-refractivity contribution in [2.24, 2.45) is 0 Å². The Bertz CT molecular complexity index is 610. The molecule has 20 heavy (non-hydrogen) atoms. The summed E-state index contributed by atoms with van der Waals surface area (Å²) in [6, 6.07) is 12.0. The van der Waals surface area contributed by atoms with Crippen LogP contribution < -0.4 is 5.32 Å². The summed E-state index contributed by atoms with van der Waals surface area (Å²) in [6.07, 6.45) is 0. The molecule has 1 N–H and O–H groups in total. The maximum absolute atomic E-state index is 13.1. The van der Waals surface area contributed by atoms with E-state index in [1.807, 2.05) is 24.3 Å². The van der Waals surface area contributed by atoms with Crippen LogP contribution in [0.2, 0.25) is 0 Å². The smallest absolute Gasteiger partial charge is 0.251 e. The van der Waals surface area contributed by atoms with E-state index in [-0.39, 0.29) is 11.7 Å². The van der Waals surface area contributed by atoms with Gasteiger partial charge in [0.05, 0.1) is 0 Å². The van der Waals surface area contributed by atoms with E-state index >= 15 is 0 Å². The van der Waals surface area contributed by atoms with Crippen LogP contribution in [-0.2, 0) is 12.4 Å². The van der Waals surface area contributed by atoms with Crippen molar-refractivity contribution in [3.05, 3.63) is 70.5 Å². The highest BCUT2D eigenvalue weighted by molar-refractivity contribution is 6.17. The largest absolute Gasteiger partial charge is 0.348 e. The van der Waals surface area contributed by atoms with E-state index in [4.69, 9.17) is 11.6 Å². The first-order valence-electron chi connectivity index (χ1n) is 6.28. The maximum atomic E-state index is 13.1. The Labute approximate surface area is 122 Å². The maximum Gasteiger partial charge on any atom is 0.251 e. The molecule has 2 aromatic carbocycles. The average Bonchev–Trinajstić information content (AvgIpc) is 2.48. The summed E-state index contributed by atoms with van der Waals surface area (Å²) in [7, 11) is 0. The third-order valence-corrected chi connectivity index (χ3v) is 3.36. The lowest BCUT2D eigenvalue weighted by atomic mass is 10.1. The third kappa shape index (κ3) is 3.58. The Hall–Kier alpha value is -1.87. The highest BCUT2D eigenvalue weighted by Crippen LogP contribution is 2.10. The van der Waals surface area contributed by atoms with Gasteiger partial charge in [-0.15, -0.1) is 11.6 Å². The number of carbonyl (C=O) groups excluding carboxylic acids is 1. The van der Waals surface area contributed by atoms with Gasteiger partial charge in [0.1, 0.15) is 5.82 Å². The number of hydrogen-bond donors (Lipinski definition) is 1. The summed E-state index contributed by atoms with van der Waals surface area (Å²) in [6.45, 7) is 2.06. The van der Waals surface area contributed by atoms with Crippen LogP contribution in [-0.4, -0.2) is 5.91 Å². The van der Waals surface area contributed by atoms with Crippen LogP contribution in [0.3, 0.4) is 0 Å². The van der Waals surface area contributed by atoms with Crippen LogP contribution in [0, 0.1) is 12.7 Å². The monoisotopic (exact) mass is 291 g/mol. The summed E-state index contributed by atoms with van der Waals surface area (Å²) in [4.78, 5) is 11.9. The standard InChI is InChI=1S/C16H15ClFNO/c1-11-8-14(6-7-15(11)18)16(20)19-10-13-4-2-12(9-17)3-5-13/h2-8H,9-10H2,1H3,(H,19,20). The number of nitrogens with one attached hydrogen (secondary N) is 1. The van der Waals surface area contributed by atoms with Gasteiger partial charge in [0.15, 0.2) is 0 Å². The van der Waals surface area contributed by atoms with Gasteiger partial charge in [0, 0.05) is 18.0 Å². The number of benzene rings is 2. The second kappa shape index (κ2) is 6.53. The van der Waals surface area contributed by atoms with Crippen LogP contribution in [0.15, 0.2) is 42.5 Å². The van der Waals surface area contributed by atoms with E-state index in [1.165, 1.54) is 12.1 Å². The summed E-state index contributed by atoms with van der Waals surface area (Å²) >= 11 is 5.71. The molecule has 0 aromatic heterocycles. The normalized spacial score (nSPS) is 10.3. The van der Waals surface area contributed by atoms with Gasteiger partial charge in [-0.2, -0.15) is 0 Å². The van der Waals surface area contributed by atoms with Gasteiger partial charge in [0.25, 0.3) is 5.91 Å². The lowest BCUT2D eigenvalue weighted by Gasteiger charge is -2.07. The SMILES string of the molecule is Cc1cc(C(=O)NCc2ccc(CCl)cc2)ccc1F. The zero-order valence-corrected chi connectivity index (χ0v) is 11.9. The summed E-state index contributed by atoms with van der Waals surface area (Å²) in [5.74, 6) is -0.0469. The lowest BCUT2D eigenvalue weighted by molar-refractivity contribution is 0.0951. The Balaban J connectivity index is 1.98. The zero-order chi connectivity index (χ0) is 14.5. The molecule has 0 aliphatic heterocycles.